The van der Waals surface area contributed by atoms with Crippen LogP contribution in [0.4, 0.5) is 5.82 Å². The third-order valence-electron chi connectivity index (χ3n) is 4.36. The van der Waals surface area contributed by atoms with Crippen LogP contribution >= 0.6 is 0 Å². The molecular formula is C16H19N7O. The van der Waals surface area contributed by atoms with Crippen LogP contribution in [0.25, 0.3) is 16.9 Å². The molecule has 3 aromatic rings. The number of nitrogen functional groups attached to an aromatic ring is 1. The number of fused-ring (bicyclic) bond motifs is 1. The molecule has 0 unspecified atom stereocenters. The molecule has 0 amide bonds. The van der Waals surface area contributed by atoms with Crippen LogP contribution in [0.3, 0.4) is 0 Å². The smallest absolute Gasteiger partial charge is 0.215 e. The molecule has 1 aliphatic heterocycles. The molecule has 8 heteroatoms. The van der Waals surface area contributed by atoms with Gasteiger partial charge in [-0.15, -0.1) is 0 Å². The lowest BCUT2D eigenvalue weighted by Gasteiger charge is -2.23. The molecule has 0 aliphatic carbocycles. The number of nitrogens with one attached hydrogen (secondary N) is 1. The van der Waals surface area contributed by atoms with E-state index in [0.29, 0.717) is 23.4 Å². The van der Waals surface area contributed by atoms with Crippen molar-refractivity contribution in [1.29, 1.82) is 0 Å². The minimum Gasteiger partial charge on any atom is -0.481 e. The molecule has 0 radical (unpaired) electrons. The lowest BCUT2D eigenvalue weighted by Crippen LogP contribution is -2.29. The second kappa shape index (κ2) is 6.04. The molecule has 1 atom stereocenters. The maximum Gasteiger partial charge on any atom is 0.215 e. The van der Waals surface area contributed by atoms with Gasteiger partial charge >= 0.3 is 0 Å². The summed E-state index contributed by atoms with van der Waals surface area (Å²) in [4.78, 5) is 17.7. The summed E-state index contributed by atoms with van der Waals surface area (Å²) in [7, 11) is 1.58. The van der Waals surface area contributed by atoms with Gasteiger partial charge in [0.1, 0.15) is 12.1 Å². The van der Waals surface area contributed by atoms with E-state index in [4.69, 9.17) is 10.5 Å². The molecule has 1 saturated heterocycles. The third kappa shape index (κ3) is 2.54. The number of rotatable bonds is 3. The van der Waals surface area contributed by atoms with E-state index in [2.05, 4.69) is 25.3 Å². The average Bonchev–Trinajstić information content (AvgIpc) is 3.05. The van der Waals surface area contributed by atoms with Gasteiger partial charge in [0, 0.05) is 18.5 Å². The first-order chi connectivity index (χ1) is 11.8. The number of piperidine rings is 1. The molecule has 124 valence electrons. The zero-order chi connectivity index (χ0) is 16.5. The van der Waals surface area contributed by atoms with Gasteiger partial charge in [0.05, 0.1) is 36.2 Å². The number of aromatic nitrogens is 5. The van der Waals surface area contributed by atoms with E-state index < -0.39 is 0 Å². The van der Waals surface area contributed by atoms with E-state index in [9.17, 15) is 0 Å². The molecule has 4 heterocycles. The van der Waals surface area contributed by atoms with Crippen molar-refractivity contribution in [2.45, 2.75) is 18.8 Å². The molecule has 1 aliphatic rings. The number of anilines is 1. The number of methoxy groups -OCH3 is 1. The summed E-state index contributed by atoms with van der Waals surface area (Å²) >= 11 is 0. The Hall–Kier alpha value is -2.74. The maximum absolute atomic E-state index is 6.18. The van der Waals surface area contributed by atoms with Gasteiger partial charge in [-0.2, -0.15) is 0 Å². The number of ether oxygens (including phenoxy) is 1. The van der Waals surface area contributed by atoms with Crippen LogP contribution < -0.4 is 15.8 Å². The molecule has 0 saturated carbocycles. The molecule has 3 N–H and O–H groups in total. The quantitative estimate of drug-likeness (QED) is 0.747. The lowest BCUT2D eigenvalue weighted by molar-refractivity contribution is 0.398. The predicted octanol–water partition coefficient (Wildman–Crippen LogP) is 1.27. The number of imidazole rings is 1. The molecule has 4 rings (SSSR count). The Morgan fingerprint density at radius 3 is 2.96 bits per heavy atom. The number of hydrogen-bond acceptors (Lipinski definition) is 7. The SMILES string of the molecule is COc1cc2ncn(-c3cnc([C@@H]4CCCNC4)c(N)n3)c2cn1. The summed E-state index contributed by atoms with van der Waals surface area (Å²) in [5, 5.41) is 3.38. The van der Waals surface area contributed by atoms with Gasteiger partial charge in [-0.3, -0.25) is 9.55 Å². The minimum atomic E-state index is 0.325. The molecule has 1 fully saturated rings. The summed E-state index contributed by atoms with van der Waals surface area (Å²) in [6, 6.07) is 1.78. The molecule has 3 aromatic heterocycles. The summed E-state index contributed by atoms with van der Waals surface area (Å²) in [6.07, 6.45) is 7.36. The summed E-state index contributed by atoms with van der Waals surface area (Å²) in [5.41, 5.74) is 8.66. The van der Waals surface area contributed by atoms with Crippen LogP contribution in [0.5, 0.6) is 5.88 Å². The zero-order valence-corrected chi connectivity index (χ0v) is 13.4. The second-order valence-electron chi connectivity index (χ2n) is 5.87. The van der Waals surface area contributed by atoms with Crippen molar-refractivity contribution in [2.24, 2.45) is 0 Å². The van der Waals surface area contributed by atoms with E-state index >= 15 is 0 Å². The van der Waals surface area contributed by atoms with Crippen LogP contribution in [0.2, 0.25) is 0 Å². The highest BCUT2D eigenvalue weighted by atomic mass is 16.5. The van der Waals surface area contributed by atoms with Crippen LogP contribution in [0, 0.1) is 0 Å². The van der Waals surface area contributed by atoms with Gasteiger partial charge in [0.15, 0.2) is 5.82 Å². The molecule has 0 bridgehead atoms. The van der Waals surface area contributed by atoms with Crippen LogP contribution in [-0.2, 0) is 0 Å². The van der Waals surface area contributed by atoms with Crippen molar-refractivity contribution in [3.8, 4) is 11.7 Å². The maximum atomic E-state index is 6.18. The summed E-state index contributed by atoms with van der Waals surface area (Å²) < 4.78 is 6.95. The number of nitrogens with two attached hydrogens (primary N) is 1. The van der Waals surface area contributed by atoms with Crippen molar-refractivity contribution >= 4 is 16.9 Å². The van der Waals surface area contributed by atoms with Gasteiger partial charge in [0.2, 0.25) is 5.88 Å². The molecule has 0 aromatic carbocycles. The first kappa shape index (κ1) is 14.8. The highest BCUT2D eigenvalue weighted by molar-refractivity contribution is 5.77. The molecule has 0 spiro atoms. The standard InChI is InChI=1S/C16H19N7O/c1-24-14-5-11-12(7-19-14)23(9-21-11)13-8-20-15(16(17)22-13)10-3-2-4-18-6-10/h5,7-10,18H,2-4,6H2,1H3,(H2,17,22)/t10-/m1/s1. The van der Waals surface area contributed by atoms with Crippen LogP contribution in [0.1, 0.15) is 24.5 Å². The lowest BCUT2D eigenvalue weighted by atomic mass is 9.96. The summed E-state index contributed by atoms with van der Waals surface area (Å²) in [6.45, 7) is 1.95. The average molecular weight is 325 g/mol. The Bertz CT molecular complexity index is 870. The summed E-state index contributed by atoms with van der Waals surface area (Å²) in [5.74, 6) is 1.96. The van der Waals surface area contributed by atoms with E-state index in [1.165, 1.54) is 0 Å². The largest absolute Gasteiger partial charge is 0.481 e. The fourth-order valence-electron chi connectivity index (χ4n) is 3.10. The van der Waals surface area contributed by atoms with Gasteiger partial charge in [-0.25, -0.2) is 15.0 Å². The zero-order valence-electron chi connectivity index (χ0n) is 13.4. The van der Waals surface area contributed by atoms with E-state index in [1.807, 2.05) is 4.57 Å². The second-order valence-corrected chi connectivity index (χ2v) is 5.87. The molecular weight excluding hydrogens is 306 g/mol. The number of pyridine rings is 1. The first-order valence-electron chi connectivity index (χ1n) is 7.97. The Kier molecular flexibility index (Phi) is 3.73. The first-order valence-corrected chi connectivity index (χ1v) is 7.97. The van der Waals surface area contributed by atoms with Crippen molar-refractivity contribution in [1.82, 2.24) is 29.8 Å². The Morgan fingerprint density at radius 1 is 1.29 bits per heavy atom. The Balaban J connectivity index is 1.70. The number of nitrogens with zero attached hydrogens (tertiary/aromatic N) is 5. The van der Waals surface area contributed by atoms with Gasteiger partial charge in [-0.1, -0.05) is 0 Å². The van der Waals surface area contributed by atoms with E-state index in [0.717, 1.165) is 42.7 Å². The molecule has 8 nitrogen and oxygen atoms in total. The predicted molar refractivity (Wildman–Crippen MR) is 90.3 cm³/mol. The monoisotopic (exact) mass is 325 g/mol. The minimum absolute atomic E-state index is 0.325. The normalized spacial score (nSPS) is 18.0. The van der Waals surface area contributed by atoms with E-state index in [-0.39, 0.29) is 0 Å². The highest BCUT2D eigenvalue weighted by Crippen LogP contribution is 2.26. The van der Waals surface area contributed by atoms with Crippen LogP contribution in [-0.4, -0.2) is 44.7 Å². The fourth-order valence-corrected chi connectivity index (χ4v) is 3.10. The molecule has 24 heavy (non-hydrogen) atoms. The van der Waals surface area contributed by atoms with Gasteiger partial charge in [-0.05, 0) is 19.4 Å². The Labute approximate surface area is 139 Å². The van der Waals surface area contributed by atoms with Crippen molar-refractivity contribution in [3.05, 3.63) is 30.5 Å². The third-order valence-corrected chi connectivity index (χ3v) is 4.36. The number of hydrogen-bond donors (Lipinski definition) is 2. The highest BCUT2D eigenvalue weighted by Gasteiger charge is 2.20. The van der Waals surface area contributed by atoms with Crippen molar-refractivity contribution in [2.75, 3.05) is 25.9 Å². The topological polar surface area (TPSA) is 104 Å². The van der Waals surface area contributed by atoms with Crippen molar-refractivity contribution < 1.29 is 4.74 Å². The fraction of sp³-hybridized carbons (Fsp3) is 0.375. The van der Waals surface area contributed by atoms with Crippen molar-refractivity contribution in [3.63, 3.8) is 0 Å². The van der Waals surface area contributed by atoms with Gasteiger partial charge < -0.3 is 15.8 Å². The Morgan fingerprint density at radius 2 is 2.21 bits per heavy atom. The van der Waals surface area contributed by atoms with Gasteiger partial charge in [0.25, 0.3) is 0 Å². The van der Waals surface area contributed by atoms with Crippen LogP contribution in [0.15, 0.2) is 24.8 Å². The van der Waals surface area contributed by atoms with E-state index in [1.54, 1.807) is 31.9 Å².